The molecule has 3 aromatic rings. The molecule has 1 unspecified atom stereocenters. The second kappa shape index (κ2) is 13.3. The SMILES string of the molecule is COc1ccc(S(=O)(=O)N(CC(=O)N(Cc2ccc(Cl)cc2Cl)C(C)C(=O)NC(C)(C)C)c2cccc(Cl)c2)cc1. The van der Waals surface area contributed by atoms with Crippen LogP contribution in [0.2, 0.25) is 15.1 Å². The monoisotopic (exact) mass is 639 g/mol. The molecule has 1 atom stereocenters. The van der Waals surface area contributed by atoms with Crippen molar-refractivity contribution in [1.29, 1.82) is 0 Å². The molecule has 2 amide bonds. The Kier molecular flexibility index (Phi) is 10.6. The smallest absolute Gasteiger partial charge is 0.264 e. The minimum Gasteiger partial charge on any atom is -0.497 e. The third-order valence-corrected chi connectivity index (χ3v) is 8.65. The van der Waals surface area contributed by atoms with Gasteiger partial charge in [-0.25, -0.2) is 8.42 Å². The molecule has 8 nitrogen and oxygen atoms in total. The van der Waals surface area contributed by atoms with Crippen LogP contribution in [0.15, 0.2) is 71.6 Å². The Balaban J connectivity index is 2.06. The zero-order chi connectivity index (χ0) is 30.5. The van der Waals surface area contributed by atoms with Crippen LogP contribution in [0.25, 0.3) is 0 Å². The first kappa shape index (κ1) is 32.5. The van der Waals surface area contributed by atoms with Crippen LogP contribution in [0.4, 0.5) is 5.69 Å². The van der Waals surface area contributed by atoms with Crippen LogP contribution < -0.4 is 14.4 Å². The first-order chi connectivity index (χ1) is 19.1. The summed E-state index contributed by atoms with van der Waals surface area (Å²) < 4.78 is 33.9. The van der Waals surface area contributed by atoms with Crippen molar-refractivity contribution in [1.82, 2.24) is 10.2 Å². The van der Waals surface area contributed by atoms with Gasteiger partial charge in [0.15, 0.2) is 0 Å². The van der Waals surface area contributed by atoms with Crippen LogP contribution in [0, 0.1) is 0 Å². The number of carbonyl (C=O) groups excluding carboxylic acids is 2. The van der Waals surface area contributed by atoms with E-state index in [0.717, 1.165) is 4.31 Å². The van der Waals surface area contributed by atoms with E-state index in [0.29, 0.717) is 21.4 Å². The second-order valence-corrected chi connectivity index (χ2v) is 13.5. The lowest BCUT2D eigenvalue weighted by Crippen LogP contribution is -2.54. The number of carbonyl (C=O) groups is 2. The lowest BCUT2D eigenvalue weighted by molar-refractivity contribution is -0.140. The fraction of sp³-hybridized carbons (Fsp3) is 0.310. The van der Waals surface area contributed by atoms with Crippen molar-refractivity contribution in [3.05, 3.63) is 87.4 Å². The minimum absolute atomic E-state index is 0.0584. The summed E-state index contributed by atoms with van der Waals surface area (Å²) in [5, 5.41) is 3.87. The van der Waals surface area contributed by atoms with Crippen LogP contribution in [-0.2, 0) is 26.2 Å². The number of hydrogen-bond acceptors (Lipinski definition) is 5. The third kappa shape index (κ3) is 8.52. The molecule has 0 bridgehead atoms. The fourth-order valence-electron chi connectivity index (χ4n) is 3.93. The number of sulfonamides is 1. The Labute approximate surface area is 256 Å². The summed E-state index contributed by atoms with van der Waals surface area (Å²) in [6.45, 7) is 6.35. The number of anilines is 1. The average molecular weight is 641 g/mol. The topological polar surface area (TPSA) is 96.0 Å². The van der Waals surface area contributed by atoms with E-state index in [-0.39, 0.29) is 22.2 Å². The van der Waals surface area contributed by atoms with E-state index < -0.39 is 40.0 Å². The lowest BCUT2D eigenvalue weighted by atomic mass is 10.1. The maximum atomic E-state index is 14.0. The Morgan fingerprint density at radius 1 is 0.951 bits per heavy atom. The van der Waals surface area contributed by atoms with E-state index in [1.54, 1.807) is 31.2 Å². The van der Waals surface area contributed by atoms with Crippen molar-refractivity contribution in [2.45, 2.75) is 50.7 Å². The highest BCUT2D eigenvalue weighted by Gasteiger charge is 2.33. The van der Waals surface area contributed by atoms with Crippen LogP contribution in [0.3, 0.4) is 0 Å². The van der Waals surface area contributed by atoms with E-state index in [1.807, 2.05) is 20.8 Å². The zero-order valence-electron chi connectivity index (χ0n) is 23.3. The number of benzene rings is 3. The first-order valence-corrected chi connectivity index (χ1v) is 15.2. The molecule has 0 aliphatic carbocycles. The summed E-state index contributed by atoms with van der Waals surface area (Å²) in [5.74, 6) is -0.577. The van der Waals surface area contributed by atoms with E-state index in [1.165, 1.54) is 54.5 Å². The Hall–Kier alpha value is -2.98. The summed E-state index contributed by atoms with van der Waals surface area (Å²) in [6.07, 6.45) is 0. The molecule has 220 valence electrons. The Bertz CT molecular complexity index is 1510. The largest absolute Gasteiger partial charge is 0.497 e. The van der Waals surface area contributed by atoms with Gasteiger partial charge in [0.25, 0.3) is 10.0 Å². The van der Waals surface area contributed by atoms with Gasteiger partial charge in [0.05, 0.1) is 17.7 Å². The number of ether oxygens (including phenoxy) is 1. The molecule has 0 aliphatic heterocycles. The number of methoxy groups -OCH3 is 1. The number of nitrogens with one attached hydrogen (secondary N) is 1. The molecule has 0 radical (unpaired) electrons. The van der Waals surface area contributed by atoms with Crippen molar-refractivity contribution in [2.24, 2.45) is 0 Å². The van der Waals surface area contributed by atoms with E-state index in [2.05, 4.69) is 5.32 Å². The normalized spacial score (nSPS) is 12.4. The minimum atomic E-state index is -4.26. The molecule has 0 spiro atoms. The molecular weight excluding hydrogens is 609 g/mol. The summed E-state index contributed by atoms with van der Waals surface area (Å²) in [4.78, 5) is 28.4. The van der Waals surface area contributed by atoms with E-state index >= 15 is 0 Å². The van der Waals surface area contributed by atoms with Gasteiger partial charge in [-0.1, -0.05) is 46.9 Å². The Morgan fingerprint density at radius 2 is 1.59 bits per heavy atom. The molecule has 3 rings (SSSR count). The summed E-state index contributed by atoms with van der Waals surface area (Å²) in [6, 6.07) is 15.8. The van der Waals surface area contributed by atoms with Crippen LogP contribution in [-0.4, -0.2) is 50.4 Å². The van der Waals surface area contributed by atoms with Crippen molar-refractivity contribution >= 4 is 62.3 Å². The van der Waals surface area contributed by atoms with Crippen molar-refractivity contribution in [3.63, 3.8) is 0 Å². The molecule has 0 saturated carbocycles. The number of rotatable bonds is 10. The van der Waals surface area contributed by atoms with Crippen LogP contribution in [0.5, 0.6) is 5.75 Å². The number of hydrogen-bond donors (Lipinski definition) is 1. The van der Waals surface area contributed by atoms with Gasteiger partial charge in [0, 0.05) is 27.2 Å². The molecule has 12 heteroatoms. The zero-order valence-corrected chi connectivity index (χ0v) is 26.4. The van der Waals surface area contributed by atoms with Crippen LogP contribution >= 0.6 is 34.8 Å². The van der Waals surface area contributed by atoms with Gasteiger partial charge >= 0.3 is 0 Å². The molecule has 0 aromatic heterocycles. The molecule has 1 N–H and O–H groups in total. The number of nitrogens with zero attached hydrogens (tertiary/aromatic N) is 2. The van der Waals surface area contributed by atoms with Crippen molar-refractivity contribution in [3.8, 4) is 5.75 Å². The molecule has 0 fully saturated rings. The first-order valence-electron chi connectivity index (χ1n) is 12.6. The van der Waals surface area contributed by atoms with Gasteiger partial charge in [-0.3, -0.25) is 13.9 Å². The van der Waals surface area contributed by atoms with Gasteiger partial charge < -0.3 is 15.0 Å². The summed E-state index contributed by atoms with van der Waals surface area (Å²) in [5.41, 5.74) is 0.146. The number of halogens is 3. The summed E-state index contributed by atoms with van der Waals surface area (Å²) in [7, 11) is -2.79. The third-order valence-electron chi connectivity index (χ3n) is 6.04. The van der Waals surface area contributed by atoms with Gasteiger partial charge in [0.2, 0.25) is 11.8 Å². The molecular formula is C29H32Cl3N3O5S. The molecule has 41 heavy (non-hydrogen) atoms. The fourth-order valence-corrected chi connectivity index (χ4v) is 5.98. The van der Waals surface area contributed by atoms with Crippen molar-refractivity contribution < 1.29 is 22.7 Å². The quantitative estimate of drug-likeness (QED) is 0.286. The lowest BCUT2D eigenvalue weighted by Gasteiger charge is -2.33. The van der Waals surface area contributed by atoms with Gasteiger partial charge in [0.1, 0.15) is 18.3 Å². The van der Waals surface area contributed by atoms with Gasteiger partial charge in [-0.2, -0.15) is 0 Å². The predicted octanol–water partition coefficient (Wildman–Crippen LogP) is 6.18. The molecule has 0 heterocycles. The van der Waals surface area contributed by atoms with Crippen LogP contribution in [0.1, 0.15) is 33.3 Å². The van der Waals surface area contributed by atoms with E-state index in [9.17, 15) is 18.0 Å². The van der Waals surface area contributed by atoms with E-state index in [4.69, 9.17) is 39.5 Å². The highest BCUT2D eigenvalue weighted by atomic mass is 35.5. The number of amides is 2. The highest BCUT2D eigenvalue weighted by Crippen LogP contribution is 2.29. The Morgan fingerprint density at radius 3 is 2.15 bits per heavy atom. The van der Waals surface area contributed by atoms with Crippen molar-refractivity contribution in [2.75, 3.05) is 18.0 Å². The summed E-state index contributed by atoms with van der Waals surface area (Å²) >= 11 is 18.7. The average Bonchev–Trinajstić information content (AvgIpc) is 2.89. The molecule has 3 aromatic carbocycles. The highest BCUT2D eigenvalue weighted by molar-refractivity contribution is 7.92. The second-order valence-electron chi connectivity index (χ2n) is 10.3. The molecule has 0 saturated heterocycles. The predicted molar refractivity (Wildman–Crippen MR) is 163 cm³/mol. The van der Waals surface area contributed by atoms with Gasteiger partial charge in [-0.15, -0.1) is 0 Å². The molecule has 0 aliphatic rings. The maximum Gasteiger partial charge on any atom is 0.264 e. The standard InChI is InChI=1S/C29H32Cl3N3O5S/c1-19(28(37)33-29(2,3)4)34(17-20-9-10-22(31)16-26(20)32)27(36)18-35(23-8-6-7-21(30)15-23)41(38,39)25-13-11-24(40-5)12-14-25/h6-16,19H,17-18H2,1-5H3,(H,33,37). The maximum absolute atomic E-state index is 14.0. The van der Waals surface area contributed by atoms with Gasteiger partial charge in [-0.05, 0) is 87.9 Å².